The van der Waals surface area contributed by atoms with Crippen molar-refractivity contribution in [2.75, 3.05) is 0 Å². The minimum Gasteiger partial charge on any atom is -0.309 e. The van der Waals surface area contributed by atoms with Crippen LogP contribution in [0.4, 0.5) is 0 Å². The molecule has 0 aliphatic heterocycles. The summed E-state index contributed by atoms with van der Waals surface area (Å²) >= 11 is 0. The van der Waals surface area contributed by atoms with E-state index in [1.807, 2.05) is 24.3 Å². The molecule has 0 unspecified atom stereocenters. The number of aromatic nitrogens is 8. The molecule has 0 amide bonds. The summed E-state index contributed by atoms with van der Waals surface area (Å²) in [6, 6.07) is 82.7. The van der Waals surface area contributed by atoms with Crippen LogP contribution in [0, 0.1) is 0 Å². The van der Waals surface area contributed by atoms with Gasteiger partial charge in [-0.3, -0.25) is 9.97 Å². The summed E-state index contributed by atoms with van der Waals surface area (Å²) in [5.41, 5.74) is 17.5. The van der Waals surface area contributed by atoms with E-state index in [0.29, 0.717) is 17.5 Å². The lowest BCUT2D eigenvalue weighted by molar-refractivity contribution is 1.07. The zero-order valence-corrected chi connectivity index (χ0v) is 40.3. The molecule has 0 saturated heterocycles. The molecule has 0 spiro atoms. The second-order valence-electron chi connectivity index (χ2n) is 19.0. The van der Waals surface area contributed by atoms with Crippen molar-refractivity contribution in [2.24, 2.45) is 0 Å². The maximum Gasteiger partial charge on any atom is 0.164 e. The number of fused-ring (bicyclic) bond motifs is 9. The molecular weight excluding hydrogens is 917 g/mol. The van der Waals surface area contributed by atoms with Crippen LogP contribution in [-0.4, -0.2) is 38.6 Å². The molecule has 0 aliphatic carbocycles. The number of nitrogens with zero attached hydrogens (tertiary/aromatic N) is 8. The van der Waals surface area contributed by atoms with Crippen molar-refractivity contribution in [1.29, 1.82) is 0 Å². The average molecular weight is 959 g/mol. The molecule has 6 heterocycles. The Hall–Kier alpha value is -10.3. The van der Waals surface area contributed by atoms with Crippen LogP contribution < -0.4 is 0 Å². The molecule has 6 aromatic heterocycles. The average Bonchev–Trinajstić information content (AvgIpc) is 4.13. The van der Waals surface area contributed by atoms with Gasteiger partial charge in [0.15, 0.2) is 17.5 Å². The predicted octanol–water partition coefficient (Wildman–Crippen LogP) is 16.3. The van der Waals surface area contributed by atoms with E-state index < -0.39 is 0 Å². The Balaban J connectivity index is 0.897. The summed E-state index contributed by atoms with van der Waals surface area (Å²) in [6.45, 7) is 0. The molecule has 15 rings (SSSR count). The first-order valence-electron chi connectivity index (χ1n) is 25.1. The summed E-state index contributed by atoms with van der Waals surface area (Å²) in [4.78, 5) is 23.3. The molecule has 0 fully saturated rings. The molecule has 8 nitrogen and oxygen atoms in total. The van der Waals surface area contributed by atoms with Crippen molar-refractivity contribution in [2.45, 2.75) is 0 Å². The minimum absolute atomic E-state index is 0.578. The van der Waals surface area contributed by atoms with Crippen molar-refractivity contribution in [1.82, 2.24) is 38.6 Å². The van der Waals surface area contributed by atoms with Crippen LogP contribution in [-0.2, 0) is 0 Å². The van der Waals surface area contributed by atoms with Gasteiger partial charge in [-0.2, -0.15) is 0 Å². The third-order valence-corrected chi connectivity index (χ3v) is 14.7. The Morgan fingerprint density at radius 1 is 0.213 bits per heavy atom. The largest absolute Gasteiger partial charge is 0.309 e. The number of rotatable bonds is 8. The van der Waals surface area contributed by atoms with Crippen LogP contribution in [0.1, 0.15) is 0 Å². The highest BCUT2D eigenvalue weighted by Gasteiger charge is 2.20. The first-order valence-corrected chi connectivity index (χ1v) is 25.1. The topological polar surface area (TPSA) is 79.2 Å². The van der Waals surface area contributed by atoms with Crippen LogP contribution >= 0.6 is 0 Å². The third-order valence-electron chi connectivity index (χ3n) is 14.7. The Labute approximate surface area is 430 Å². The normalized spacial score (nSPS) is 11.7. The van der Waals surface area contributed by atoms with Gasteiger partial charge in [-0.15, -0.1) is 0 Å². The van der Waals surface area contributed by atoms with E-state index in [2.05, 4.69) is 230 Å². The highest BCUT2D eigenvalue weighted by atomic mass is 15.0. The minimum atomic E-state index is 0.578. The molecule has 0 atom stereocenters. The summed E-state index contributed by atoms with van der Waals surface area (Å²) in [5.74, 6) is 1.74. The molecule has 9 aromatic carbocycles. The van der Waals surface area contributed by atoms with E-state index in [-0.39, 0.29) is 0 Å². The lowest BCUT2D eigenvalue weighted by atomic mass is 9.98. The van der Waals surface area contributed by atoms with Crippen molar-refractivity contribution in [3.05, 3.63) is 255 Å². The third kappa shape index (κ3) is 7.03. The fourth-order valence-corrected chi connectivity index (χ4v) is 11.2. The first-order chi connectivity index (χ1) is 37.2. The van der Waals surface area contributed by atoms with Gasteiger partial charge in [0.25, 0.3) is 0 Å². The zero-order chi connectivity index (χ0) is 49.4. The fraction of sp³-hybridized carbons (Fsp3) is 0. The molecule has 0 N–H and O–H groups in total. The lowest BCUT2D eigenvalue weighted by Crippen LogP contribution is -2.00. The molecule has 0 aliphatic rings. The van der Waals surface area contributed by atoms with Gasteiger partial charge < -0.3 is 13.7 Å². The second kappa shape index (κ2) is 17.2. The zero-order valence-electron chi connectivity index (χ0n) is 40.3. The molecule has 75 heavy (non-hydrogen) atoms. The number of para-hydroxylation sites is 4. The standard InChI is InChI=1S/C67H42N8/c1-3-11-50(12-4-1)73-59-17-9-7-15-53(59)55-39-46(21-27-61(55)73)48-23-29-63-57(41-48)58-42-49(47-22-28-62-56(40-47)54-16-8-10-18-60(54)74(62)51-13-5-2-6-14-51)24-30-64(58)75(63)52-25-19-43(20-26-52)65-70-66(44-31-35-68-36-32-44)72-67(71-65)45-33-37-69-38-34-45/h1-42H. The van der Waals surface area contributed by atoms with E-state index in [4.69, 9.17) is 15.0 Å². The van der Waals surface area contributed by atoms with Gasteiger partial charge in [0.1, 0.15) is 0 Å². The monoisotopic (exact) mass is 958 g/mol. The summed E-state index contributed by atoms with van der Waals surface area (Å²) < 4.78 is 7.12. The maximum absolute atomic E-state index is 5.00. The van der Waals surface area contributed by atoms with Gasteiger partial charge in [-0.05, 0) is 156 Å². The highest BCUT2D eigenvalue weighted by Crippen LogP contribution is 2.41. The molecular formula is C67H42N8. The molecule has 350 valence electrons. The van der Waals surface area contributed by atoms with Crippen LogP contribution in [0.15, 0.2) is 255 Å². The van der Waals surface area contributed by atoms with Crippen LogP contribution in [0.2, 0.25) is 0 Å². The first kappa shape index (κ1) is 42.4. The smallest absolute Gasteiger partial charge is 0.164 e. The van der Waals surface area contributed by atoms with Crippen LogP contribution in [0.25, 0.3) is 139 Å². The second-order valence-corrected chi connectivity index (χ2v) is 19.0. The van der Waals surface area contributed by atoms with E-state index in [1.165, 1.54) is 54.4 Å². The number of benzene rings is 9. The molecule has 0 saturated carbocycles. The summed E-state index contributed by atoms with van der Waals surface area (Å²) in [7, 11) is 0. The van der Waals surface area contributed by atoms with Crippen LogP contribution in [0.3, 0.4) is 0 Å². The quantitative estimate of drug-likeness (QED) is 0.152. The molecule has 0 radical (unpaired) electrons. The molecule has 0 bridgehead atoms. The summed E-state index contributed by atoms with van der Waals surface area (Å²) in [5, 5.41) is 7.24. The number of hydrogen-bond acceptors (Lipinski definition) is 5. The fourth-order valence-electron chi connectivity index (χ4n) is 11.2. The number of hydrogen-bond donors (Lipinski definition) is 0. The van der Waals surface area contributed by atoms with E-state index in [0.717, 1.165) is 67.0 Å². The van der Waals surface area contributed by atoms with Gasteiger partial charge in [-0.1, -0.05) is 97.1 Å². The highest BCUT2D eigenvalue weighted by molar-refractivity contribution is 6.14. The Kier molecular flexibility index (Phi) is 9.71. The Morgan fingerprint density at radius 3 is 0.867 bits per heavy atom. The van der Waals surface area contributed by atoms with Gasteiger partial charge >= 0.3 is 0 Å². The van der Waals surface area contributed by atoms with E-state index in [9.17, 15) is 0 Å². The molecule has 8 heteroatoms. The van der Waals surface area contributed by atoms with Crippen molar-refractivity contribution in [3.63, 3.8) is 0 Å². The van der Waals surface area contributed by atoms with E-state index in [1.54, 1.807) is 24.8 Å². The van der Waals surface area contributed by atoms with Gasteiger partial charge in [0, 0.05) is 90.9 Å². The van der Waals surface area contributed by atoms with Gasteiger partial charge in [-0.25, -0.2) is 15.0 Å². The molecule has 15 aromatic rings. The predicted molar refractivity (Wildman–Crippen MR) is 306 cm³/mol. The maximum atomic E-state index is 5.00. The summed E-state index contributed by atoms with van der Waals surface area (Å²) in [6.07, 6.45) is 7.02. The number of pyridine rings is 2. The Bertz CT molecular complexity index is 4400. The Morgan fingerprint density at radius 2 is 0.493 bits per heavy atom. The van der Waals surface area contributed by atoms with Gasteiger partial charge in [0.2, 0.25) is 0 Å². The van der Waals surface area contributed by atoms with Crippen molar-refractivity contribution >= 4 is 65.4 Å². The van der Waals surface area contributed by atoms with Gasteiger partial charge in [0.05, 0.1) is 33.1 Å². The van der Waals surface area contributed by atoms with E-state index >= 15 is 0 Å². The van der Waals surface area contributed by atoms with Crippen LogP contribution in [0.5, 0.6) is 0 Å². The lowest BCUT2D eigenvalue weighted by Gasteiger charge is -2.11. The van der Waals surface area contributed by atoms with Crippen molar-refractivity contribution in [3.8, 4) is 73.5 Å². The van der Waals surface area contributed by atoms with Crippen molar-refractivity contribution < 1.29 is 0 Å². The SMILES string of the molecule is c1ccc(-n2c3ccccc3c3cc(-c4ccc5c(c4)c4cc(-c6ccc7c(c6)c6ccccc6n7-c6ccccc6)ccc4n5-c4ccc(-c5nc(-c6ccncc6)nc(-c6ccncc6)n5)cc4)ccc32)cc1.